The topological polar surface area (TPSA) is 81.8 Å². The van der Waals surface area contributed by atoms with E-state index in [4.69, 9.17) is 0 Å². The summed E-state index contributed by atoms with van der Waals surface area (Å²) in [6.07, 6.45) is 5.47. The second-order valence-electron chi connectivity index (χ2n) is 6.45. The van der Waals surface area contributed by atoms with Crippen LogP contribution >= 0.6 is 0 Å². The summed E-state index contributed by atoms with van der Waals surface area (Å²) in [5.41, 5.74) is -0.790. The van der Waals surface area contributed by atoms with Crippen molar-refractivity contribution < 1.29 is 14.4 Å². The van der Waals surface area contributed by atoms with Gasteiger partial charge in [0, 0.05) is 13.1 Å². The van der Waals surface area contributed by atoms with Gasteiger partial charge in [0.25, 0.3) is 5.91 Å². The van der Waals surface area contributed by atoms with Crippen molar-refractivity contribution in [2.75, 3.05) is 32.7 Å². The highest BCUT2D eigenvalue weighted by Gasteiger charge is 2.51. The van der Waals surface area contributed by atoms with Gasteiger partial charge < -0.3 is 15.5 Å². The van der Waals surface area contributed by atoms with Crippen molar-refractivity contribution in [3.63, 3.8) is 0 Å². The van der Waals surface area contributed by atoms with E-state index in [0.717, 1.165) is 43.7 Å². The summed E-state index contributed by atoms with van der Waals surface area (Å²) in [5.74, 6) is -0.349. The molecule has 22 heavy (non-hydrogen) atoms. The van der Waals surface area contributed by atoms with Crippen molar-refractivity contribution in [2.45, 2.75) is 44.1 Å². The van der Waals surface area contributed by atoms with E-state index in [1.807, 2.05) is 0 Å². The van der Waals surface area contributed by atoms with Gasteiger partial charge in [0.1, 0.15) is 12.1 Å². The zero-order valence-electron chi connectivity index (χ0n) is 12.9. The maximum Gasteiger partial charge on any atom is 0.325 e. The second-order valence-corrected chi connectivity index (χ2v) is 6.45. The minimum absolute atomic E-state index is 0.114. The number of carbonyl (C=O) groups is 3. The van der Waals surface area contributed by atoms with Crippen LogP contribution in [-0.4, -0.2) is 65.9 Å². The molecule has 0 radical (unpaired) electrons. The Morgan fingerprint density at radius 1 is 1.05 bits per heavy atom. The molecule has 3 aliphatic rings. The number of carbonyl (C=O) groups excluding carboxylic acids is 3. The number of amides is 4. The number of piperidine rings is 1. The van der Waals surface area contributed by atoms with Crippen LogP contribution in [0.3, 0.4) is 0 Å². The second kappa shape index (κ2) is 6.24. The molecular formula is C15H24N4O3. The van der Waals surface area contributed by atoms with Gasteiger partial charge in [0.15, 0.2) is 0 Å². The summed E-state index contributed by atoms with van der Waals surface area (Å²) in [4.78, 5) is 40.1. The molecular weight excluding hydrogens is 284 g/mol. The first kappa shape index (κ1) is 15.3. The first-order valence-electron chi connectivity index (χ1n) is 8.25. The highest BCUT2D eigenvalue weighted by molar-refractivity contribution is 6.09. The number of hydrogen-bond acceptors (Lipinski definition) is 4. The number of nitrogens with one attached hydrogen (secondary N) is 2. The Labute approximate surface area is 130 Å². The van der Waals surface area contributed by atoms with Gasteiger partial charge in [0.05, 0.1) is 0 Å². The highest BCUT2D eigenvalue weighted by atomic mass is 16.2. The van der Waals surface area contributed by atoms with Crippen LogP contribution in [0.25, 0.3) is 0 Å². The van der Waals surface area contributed by atoms with E-state index in [9.17, 15) is 14.4 Å². The summed E-state index contributed by atoms with van der Waals surface area (Å²) in [6, 6.07) is -0.421. The van der Waals surface area contributed by atoms with Gasteiger partial charge in [-0.1, -0.05) is 12.8 Å². The summed E-state index contributed by atoms with van der Waals surface area (Å²) in [7, 11) is 0. The third-order valence-electron chi connectivity index (χ3n) is 4.96. The average Bonchev–Trinajstić information content (AvgIpc) is 2.74. The lowest BCUT2D eigenvalue weighted by atomic mass is 9.88. The molecule has 3 fully saturated rings. The molecule has 4 amide bonds. The number of hydrogen-bond donors (Lipinski definition) is 2. The van der Waals surface area contributed by atoms with E-state index >= 15 is 0 Å². The normalized spacial score (nSPS) is 25.3. The fraction of sp³-hybridized carbons (Fsp3) is 0.800. The molecule has 7 nitrogen and oxygen atoms in total. The summed E-state index contributed by atoms with van der Waals surface area (Å²) < 4.78 is 0. The Balaban J connectivity index is 1.65. The predicted octanol–water partition coefficient (Wildman–Crippen LogP) is 0.0630. The monoisotopic (exact) mass is 308 g/mol. The number of nitrogens with zero attached hydrogens (tertiary/aromatic N) is 2. The van der Waals surface area contributed by atoms with Gasteiger partial charge in [-0.15, -0.1) is 0 Å². The molecule has 3 rings (SSSR count). The van der Waals surface area contributed by atoms with Gasteiger partial charge in [-0.25, -0.2) is 4.79 Å². The molecule has 0 unspecified atom stereocenters. The molecule has 1 spiro atoms. The Hall–Kier alpha value is -1.63. The Bertz CT molecular complexity index is 465. The first-order chi connectivity index (χ1) is 10.6. The van der Waals surface area contributed by atoms with Crippen LogP contribution in [0.5, 0.6) is 0 Å². The lowest BCUT2D eigenvalue weighted by molar-refractivity contribution is -0.139. The van der Waals surface area contributed by atoms with Crippen molar-refractivity contribution in [1.82, 2.24) is 20.4 Å². The molecule has 7 heteroatoms. The van der Waals surface area contributed by atoms with Crippen molar-refractivity contribution in [3.8, 4) is 0 Å². The van der Waals surface area contributed by atoms with Crippen molar-refractivity contribution in [1.29, 1.82) is 0 Å². The average molecular weight is 308 g/mol. The van der Waals surface area contributed by atoms with Crippen molar-refractivity contribution in [2.24, 2.45) is 0 Å². The smallest absolute Gasteiger partial charge is 0.325 e. The fourth-order valence-electron chi connectivity index (χ4n) is 3.57. The molecule has 0 aromatic heterocycles. The fourth-order valence-corrected chi connectivity index (χ4v) is 3.57. The third kappa shape index (κ3) is 2.82. The number of likely N-dealkylation sites (tertiary alicyclic amines) is 1. The van der Waals surface area contributed by atoms with Crippen LogP contribution in [0.1, 0.15) is 38.5 Å². The largest absolute Gasteiger partial charge is 0.341 e. The van der Waals surface area contributed by atoms with Gasteiger partial charge in [0.2, 0.25) is 5.91 Å². The minimum atomic E-state index is -0.790. The highest BCUT2D eigenvalue weighted by Crippen LogP contribution is 2.27. The standard InChI is InChI=1S/C15H24N4O3/c20-12(18-9-3-1-2-4-10-18)11-19-13(21)15(17-14(19)22)5-7-16-8-6-15/h16H,1-11H2,(H,17,22). The number of urea groups is 1. The molecule has 0 atom stereocenters. The van der Waals surface area contributed by atoms with E-state index in [1.165, 1.54) is 0 Å². The van der Waals surface area contributed by atoms with Gasteiger partial charge in [-0.2, -0.15) is 0 Å². The maximum absolute atomic E-state index is 12.6. The van der Waals surface area contributed by atoms with Crippen LogP contribution in [0.2, 0.25) is 0 Å². The third-order valence-corrected chi connectivity index (χ3v) is 4.96. The molecule has 3 heterocycles. The Morgan fingerprint density at radius 3 is 2.32 bits per heavy atom. The van der Waals surface area contributed by atoms with E-state index in [-0.39, 0.29) is 18.4 Å². The Kier molecular flexibility index (Phi) is 4.33. The van der Waals surface area contributed by atoms with Crippen LogP contribution in [-0.2, 0) is 9.59 Å². The summed E-state index contributed by atoms with van der Waals surface area (Å²) in [6.45, 7) is 2.76. The van der Waals surface area contributed by atoms with E-state index in [0.29, 0.717) is 25.9 Å². The Morgan fingerprint density at radius 2 is 1.68 bits per heavy atom. The van der Waals surface area contributed by atoms with Gasteiger partial charge in [-0.05, 0) is 38.8 Å². The van der Waals surface area contributed by atoms with Gasteiger partial charge in [-0.3, -0.25) is 14.5 Å². The number of rotatable bonds is 2. The van der Waals surface area contributed by atoms with E-state index in [1.54, 1.807) is 4.90 Å². The van der Waals surface area contributed by atoms with Crippen molar-refractivity contribution in [3.05, 3.63) is 0 Å². The molecule has 3 saturated heterocycles. The lowest BCUT2D eigenvalue weighted by Crippen LogP contribution is -2.54. The quantitative estimate of drug-likeness (QED) is 0.707. The predicted molar refractivity (Wildman–Crippen MR) is 80.1 cm³/mol. The van der Waals surface area contributed by atoms with Gasteiger partial charge >= 0.3 is 6.03 Å². The molecule has 3 aliphatic heterocycles. The zero-order chi connectivity index (χ0) is 15.6. The zero-order valence-corrected chi connectivity index (χ0v) is 12.9. The van der Waals surface area contributed by atoms with Crippen LogP contribution < -0.4 is 10.6 Å². The summed E-state index contributed by atoms with van der Waals surface area (Å²) >= 11 is 0. The molecule has 0 aromatic carbocycles. The lowest BCUT2D eigenvalue weighted by Gasteiger charge is -2.31. The van der Waals surface area contributed by atoms with E-state index in [2.05, 4.69) is 10.6 Å². The van der Waals surface area contributed by atoms with Crippen LogP contribution in [0.4, 0.5) is 4.79 Å². The minimum Gasteiger partial charge on any atom is -0.341 e. The molecule has 0 saturated carbocycles. The van der Waals surface area contributed by atoms with E-state index < -0.39 is 11.6 Å². The maximum atomic E-state index is 12.6. The van der Waals surface area contributed by atoms with Crippen LogP contribution in [0.15, 0.2) is 0 Å². The molecule has 0 bridgehead atoms. The first-order valence-corrected chi connectivity index (χ1v) is 8.25. The molecule has 0 aromatic rings. The van der Waals surface area contributed by atoms with Crippen LogP contribution in [0, 0.1) is 0 Å². The molecule has 122 valence electrons. The molecule has 2 N–H and O–H groups in total. The number of imide groups is 1. The molecule has 0 aliphatic carbocycles. The summed E-state index contributed by atoms with van der Waals surface area (Å²) in [5, 5.41) is 6.00. The van der Waals surface area contributed by atoms with Crippen molar-refractivity contribution >= 4 is 17.8 Å². The SMILES string of the molecule is O=C(CN1C(=O)NC2(CCNCC2)C1=O)N1CCCCCC1.